The van der Waals surface area contributed by atoms with E-state index >= 15 is 0 Å². The highest BCUT2D eigenvalue weighted by atomic mass is 32.2. The van der Waals surface area contributed by atoms with Gasteiger partial charge in [0.1, 0.15) is 0 Å². The standard InChI is InChI=1S/C14H25N3O3S/c15-21(19,20)16-8-10-4-3-7-17(9-10)14(18)13-11-5-1-2-6-12(11)13/h10-13,16H,1-9H2,(H2,15,19,20). The molecule has 3 rings (SSSR count). The van der Waals surface area contributed by atoms with Gasteiger partial charge in [-0.3, -0.25) is 4.79 Å². The van der Waals surface area contributed by atoms with E-state index < -0.39 is 10.2 Å². The molecule has 6 nitrogen and oxygen atoms in total. The number of nitrogens with one attached hydrogen (secondary N) is 1. The molecule has 0 radical (unpaired) electrons. The van der Waals surface area contributed by atoms with Crippen LogP contribution in [0, 0.1) is 23.7 Å². The molecule has 0 aromatic rings. The van der Waals surface area contributed by atoms with Gasteiger partial charge in [-0.25, -0.2) is 9.86 Å². The number of hydrogen-bond acceptors (Lipinski definition) is 3. The van der Waals surface area contributed by atoms with Gasteiger partial charge in [-0.2, -0.15) is 8.42 Å². The van der Waals surface area contributed by atoms with Crippen LogP contribution in [0.2, 0.25) is 0 Å². The van der Waals surface area contributed by atoms with Crippen LogP contribution < -0.4 is 9.86 Å². The molecule has 0 aromatic carbocycles. The summed E-state index contributed by atoms with van der Waals surface area (Å²) in [6.07, 6.45) is 6.86. The lowest BCUT2D eigenvalue weighted by Gasteiger charge is -2.33. The van der Waals surface area contributed by atoms with Gasteiger partial charge in [0.15, 0.2) is 0 Å². The fourth-order valence-corrected chi connectivity index (χ4v) is 4.70. The van der Waals surface area contributed by atoms with Crippen LogP contribution in [0.3, 0.4) is 0 Å². The molecule has 1 amide bonds. The maximum Gasteiger partial charge on any atom is 0.274 e. The molecule has 0 bridgehead atoms. The predicted octanol–water partition coefficient (Wildman–Crippen LogP) is 0.454. The third-order valence-corrected chi connectivity index (χ3v) is 5.91. The van der Waals surface area contributed by atoms with Crippen LogP contribution in [-0.4, -0.2) is 38.9 Å². The molecule has 2 saturated carbocycles. The zero-order valence-corrected chi connectivity index (χ0v) is 13.1. The van der Waals surface area contributed by atoms with E-state index in [1.165, 1.54) is 25.7 Å². The van der Waals surface area contributed by atoms with E-state index in [2.05, 4.69) is 4.72 Å². The van der Waals surface area contributed by atoms with Crippen molar-refractivity contribution in [3.8, 4) is 0 Å². The Balaban J connectivity index is 1.52. The number of amides is 1. The summed E-state index contributed by atoms with van der Waals surface area (Å²) in [7, 11) is -3.64. The van der Waals surface area contributed by atoms with Crippen LogP contribution in [0.25, 0.3) is 0 Å². The average Bonchev–Trinajstić information content (AvgIpc) is 3.18. The van der Waals surface area contributed by atoms with Crippen molar-refractivity contribution in [2.45, 2.75) is 38.5 Å². The monoisotopic (exact) mass is 315 g/mol. The van der Waals surface area contributed by atoms with E-state index in [0.29, 0.717) is 30.8 Å². The molecule has 3 aliphatic rings. The summed E-state index contributed by atoms with van der Waals surface area (Å²) in [6, 6.07) is 0. The lowest BCUT2D eigenvalue weighted by molar-refractivity contribution is -0.135. The number of fused-ring (bicyclic) bond motifs is 1. The summed E-state index contributed by atoms with van der Waals surface area (Å²) in [4.78, 5) is 14.6. The second-order valence-corrected chi connectivity index (χ2v) is 8.20. The Hall–Kier alpha value is -0.660. The van der Waals surface area contributed by atoms with E-state index in [0.717, 1.165) is 19.4 Å². The Kier molecular flexibility index (Phi) is 4.25. The predicted molar refractivity (Wildman–Crippen MR) is 79.4 cm³/mol. The van der Waals surface area contributed by atoms with E-state index in [-0.39, 0.29) is 11.8 Å². The molecule has 3 unspecified atom stereocenters. The Morgan fingerprint density at radius 1 is 1.14 bits per heavy atom. The van der Waals surface area contributed by atoms with Gasteiger partial charge in [-0.1, -0.05) is 12.8 Å². The molecule has 3 fully saturated rings. The largest absolute Gasteiger partial charge is 0.342 e. The second-order valence-electron chi connectivity index (χ2n) is 6.82. The van der Waals surface area contributed by atoms with Crippen molar-refractivity contribution in [1.29, 1.82) is 0 Å². The summed E-state index contributed by atoms with van der Waals surface area (Å²) in [5.41, 5.74) is 0. The fourth-order valence-electron chi connectivity index (χ4n) is 4.24. The SMILES string of the molecule is NS(=O)(=O)NCC1CCCN(C(=O)C2C3CCCCC32)C1. The minimum atomic E-state index is -3.64. The molecule has 1 heterocycles. The van der Waals surface area contributed by atoms with Crippen LogP contribution in [0.4, 0.5) is 0 Å². The number of carbonyl (C=O) groups is 1. The molecule has 120 valence electrons. The van der Waals surface area contributed by atoms with Crippen LogP contribution in [0.15, 0.2) is 0 Å². The number of carbonyl (C=O) groups excluding carboxylic acids is 1. The molecule has 3 N–H and O–H groups in total. The van der Waals surface area contributed by atoms with Crippen molar-refractivity contribution in [2.24, 2.45) is 28.8 Å². The van der Waals surface area contributed by atoms with E-state index in [1.807, 2.05) is 4.90 Å². The summed E-state index contributed by atoms with van der Waals surface area (Å²) >= 11 is 0. The number of nitrogens with zero attached hydrogens (tertiary/aromatic N) is 1. The highest BCUT2D eigenvalue weighted by Gasteiger charge is 2.55. The summed E-state index contributed by atoms with van der Waals surface area (Å²) in [5, 5.41) is 4.97. The lowest BCUT2D eigenvalue weighted by atomic mass is 9.98. The molecule has 0 aromatic heterocycles. The Morgan fingerprint density at radius 3 is 2.43 bits per heavy atom. The van der Waals surface area contributed by atoms with Gasteiger partial charge in [-0.05, 0) is 43.4 Å². The van der Waals surface area contributed by atoms with Crippen molar-refractivity contribution in [3.05, 3.63) is 0 Å². The molecular formula is C14H25N3O3S. The maximum atomic E-state index is 12.6. The first-order valence-corrected chi connectivity index (χ1v) is 9.56. The quantitative estimate of drug-likeness (QED) is 0.789. The van der Waals surface area contributed by atoms with E-state index in [1.54, 1.807) is 0 Å². The number of rotatable bonds is 4. The van der Waals surface area contributed by atoms with Crippen LogP contribution in [0.1, 0.15) is 38.5 Å². The fraction of sp³-hybridized carbons (Fsp3) is 0.929. The smallest absolute Gasteiger partial charge is 0.274 e. The van der Waals surface area contributed by atoms with Gasteiger partial charge >= 0.3 is 0 Å². The van der Waals surface area contributed by atoms with Crippen molar-refractivity contribution >= 4 is 16.1 Å². The highest BCUT2D eigenvalue weighted by Crippen LogP contribution is 2.56. The summed E-state index contributed by atoms with van der Waals surface area (Å²) in [6.45, 7) is 1.82. The molecular weight excluding hydrogens is 290 g/mol. The third kappa shape index (κ3) is 3.57. The Morgan fingerprint density at radius 2 is 1.81 bits per heavy atom. The zero-order chi connectivity index (χ0) is 15.0. The normalized spacial score (nSPS) is 36.1. The minimum Gasteiger partial charge on any atom is -0.342 e. The molecule has 1 saturated heterocycles. The van der Waals surface area contributed by atoms with Gasteiger partial charge in [0.25, 0.3) is 10.2 Å². The Bertz CT molecular complexity index is 496. The van der Waals surface area contributed by atoms with E-state index in [9.17, 15) is 13.2 Å². The average molecular weight is 315 g/mol. The van der Waals surface area contributed by atoms with Crippen molar-refractivity contribution < 1.29 is 13.2 Å². The molecule has 1 aliphatic heterocycles. The Labute approximate surface area is 126 Å². The topological polar surface area (TPSA) is 92.5 Å². The van der Waals surface area contributed by atoms with Gasteiger partial charge in [0, 0.05) is 25.6 Å². The van der Waals surface area contributed by atoms with Crippen molar-refractivity contribution in [2.75, 3.05) is 19.6 Å². The second kappa shape index (κ2) is 5.85. The number of nitrogens with two attached hydrogens (primary N) is 1. The molecule has 0 spiro atoms. The van der Waals surface area contributed by atoms with Crippen LogP contribution >= 0.6 is 0 Å². The number of piperidine rings is 1. The lowest BCUT2D eigenvalue weighted by Crippen LogP contribution is -2.45. The highest BCUT2D eigenvalue weighted by molar-refractivity contribution is 7.87. The number of likely N-dealkylation sites (tertiary alicyclic amines) is 1. The first kappa shape index (κ1) is 15.2. The first-order chi connectivity index (χ1) is 9.96. The summed E-state index contributed by atoms with van der Waals surface area (Å²) in [5.74, 6) is 2.02. The van der Waals surface area contributed by atoms with Gasteiger partial charge in [0.2, 0.25) is 5.91 Å². The van der Waals surface area contributed by atoms with Gasteiger partial charge < -0.3 is 4.90 Å². The maximum absolute atomic E-state index is 12.6. The number of hydrogen-bond donors (Lipinski definition) is 2. The zero-order valence-electron chi connectivity index (χ0n) is 12.3. The molecule has 3 atom stereocenters. The first-order valence-electron chi connectivity index (χ1n) is 8.02. The van der Waals surface area contributed by atoms with Gasteiger partial charge in [-0.15, -0.1) is 0 Å². The van der Waals surface area contributed by atoms with Crippen LogP contribution in [-0.2, 0) is 15.0 Å². The molecule has 21 heavy (non-hydrogen) atoms. The van der Waals surface area contributed by atoms with Crippen molar-refractivity contribution in [1.82, 2.24) is 9.62 Å². The van der Waals surface area contributed by atoms with E-state index in [4.69, 9.17) is 5.14 Å². The molecule has 7 heteroatoms. The van der Waals surface area contributed by atoms with Crippen LogP contribution in [0.5, 0.6) is 0 Å². The summed E-state index contributed by atoms with van der Waals surface area (Å²) < 4.78 is 24.3. The molecule has 2 aliphatic carbocycles. The third-order valence-electron chi connectivity index (χ3n) is 5.35. The van der Waals surface area contributed by atoms with Crippen molar-refractivity contribution in [3.63, 3.8) is 0 Å². The minimum absolute atomic E-state index is 0.182. The van der Waals surface area contributed by atoms with Gasteiger partial charge in [0.05, 0.1) is 0 Å².